The summed E-state index contributed by atoms with van der Waals surface area (Å²) in [6.07, 6.45) is 2.84. The third-order valence-electron chi connectivity index (χ3n) is 6.52. The quantitative estimate of drug-likeness (QED) is 0.504. The van der Waals surface area contributed by atoms with Crippen LogP contribution in [0, 0.1) is 5.82 Å². The van der Waals surface area contributed by atoms with E-state index in [4.69, 9.17) is 4.98 Å². The zero-order valence-corrected chi connectivity index (χ0v) is 20.0. The third kappa shape index (κ3) is 4.86. The van der Waals surface area contributed by atoms with Gasteiger partial charge in [0.05, 0.1) is 16.6 Å². The van der Waals surface area contributed by atoms with Crippen molar-refractivity contribution in [1.29, 1.82) is 0 Å². The Hall–Kier alpha value is -2.99. The Bertz CT molecular complexity index is 1220. The van der Waals surface area contributed by atoms with E-state index in [1.54, 1.807) is 10.6 Å². The minimum absolute atomic E-state index is 0.179. The molecule has 0 radical (unpaired) electrons. The molecule has 0 fully saturated rings. The Labute approximate surface area is 195 Å². The molecular weight excluding hydrogens is 415 g/mol. The molecule has 0 bridgehead atoms. The molecule has 0 aliphatic carbocycles. The average Bonchev–Trinajstić information content (AvgIpc) is 3.20. The molecule has 0 unspecified atom stereocenters. The third-order valence-corrected chi connectivity index (χ3v) is 6.52. The second-order valence-corrected chi connectivity index (χ2v) is 8.94. The number of aromatic nitrogens is 2. The van der Waals surface area contributed by atoms with Crippen LogP contribution in [0.1, 0.15) is 57.0 Å². The van der Waals surface area contributed by atoms with Gasteiger partial charge in [-0.1, -0.05) is 52.0 Å². The molecule has 2 heterocycles. The highest BCUT2D eigenvalue weighted by Crippen LogP contribution is 2.29. The van der Waals surface area contributed by atoms with Crippen molar-refractivity contribution in [3.63, 3.8) is 0 Å². The molecule has 1 aromatic heterocycles. The van der Waals surface area contributed by atoms with Gasteiger partial charge in [0.1, 0.15) is 11.6 Å². The lowest BCUT2D eigenvalue weighted by atomic mass is 10.0. The SMILES string of the molecule is CCN(CC)CCNc1cc2nc3n(c(=O)c2cc1F)CC/C3=C\c1ccc(C(C)C)cc1. The summed E-state index contributed by atoms with van der Waals surface area (Å²) in [5.74, 6) is 0.752. The van der Waals surface area contributed by atoms with Crippen molar-refractivity contribution in [2.24, 2.45) is 0 Å². The fraction of sp³-hybridized carbons (Fsp3) is 0.407. The number of benzene rings is 2. The lowest BCUT2D eigenvalue weighted by molar-refractivity contribution is 0.316. The van der Waals surface area contributed by atoms with Crippen molar-refractivity contribution in [2.45, 2.75) is 46.6 Å². The molecule has 0 atom stereocenters. The van der Waals surface area contributed by atoms with Gasteiger partial charge in [0.25, 0.3) is 5.56 Å². The van der Waals surface area contributed by atoms with E-state index in [2.05, 4.69) is 68.3 Å². The molecule has 6 heteroatoms. The highest BCUT2D eigenvalue weighted by Gasteiger charge is 2.22. The molecule has 1 aliphatic rings. The number of hydrogen-bond donors (Lipinski definition) is 1. The maximum Gasteiger partial charge on any atom is 0.261 e. The summed E-state index contributed by atoms with van der Waals surface area (Å²) in [6.45, 7) is 12.5. The number of halogens is 1. The monoisotopic (exact) mass is 448 g/mol. The number of allylic oxidation sites excluding steroid dienone is 1. The molecule has 0 amide bonds. The second-order valence-electron chi connectivity index (χ2n) is 8.94. The summed E-state index contributed by atoms with van der Waals surface area (Å²) in [5.41, 5.74) is 4.16. The molecule has 3 aromatic rings. The molecule has 2 aromatic carbocycles. The topological polar surface area (TPSA) is 50.2 Å². The van der Waals surface area contributed by atoms with Gasteiger partial charge in [0.2, 0.25) is 0 Å². The van der Waals surface area contributed by atoms with Crippen molar-refractivity contribution in [1.82, 2.24) is 14.5 Å². The van der Waals surface area contributed by atoms with Crippen molar-refractivity contribution in [2.75, 3.05) is 31.5 Å². The van der Waals surface area contributed by atoms with Gasteiger partial charge in [0.15, 0.2) is 0 Å². The Morgan fingerprint density at radius 1 is 1.18 bits per heavy atom. The summed E-state index contributed by atoms with van der Waals surface area (Å²) in [4.78, 5) is 20.2. The van der Waals surface area contributed by atoms with Gasteiger partial charge in [-0.15, -0.1) is 0 Å². The summed E-state index contributed by atoms with van der Waals surface area (Å²) < 4.78 is 16.4. The highest BCUT2D eigenvalue weighted by molar-refractivity contribution is 5.86. The molecule has 0 saturated carbocycles. The Kier molecular flexibility index (Phi) is 6.94. The van der Waals surface area contributed by atoms with E-state index < -0.39 is 5.82 Å². The van der Waals surface area contributed by atoms with Gasteiger partial charge in [-0.3, -0.25) is 9.36 Å². The lowest BCUT2D eigenvalue weighted by Gasteiger charge is -2.18. The molecule has 5 nitrogen and oxygen atoms in total. The number of nitrogens with zero attached hydrogens (tertiary/aromatic N) is 3. The maximum atomic E-state index is 14.7. The summed E-state index contributed by atoms with van der Waals surface area (Å²) in [7, 11) is 0. The fourth-order valence-corrected chi connectivity index (χ4v) is 4.38. The van der Waals surface area contributed by atoms with Crippen LogP contribution in [0.15, 0.2) is 41.2 Å². The zero-order valence-electron chi connectivity index (χ0n) is 20.0. The Morgan fingerprint density at radius 3 is 2.58 bits per heavy atom. The predicted octanol–water partition coefficient (Wildman–Crippen LogP) is 5.36. The minimum atomic E-state index is -0.416. The number of anilines is 1. The number of hydrogen-bond acceptors (Lipinski definition) is 4. The maximum absolute atomic E-state index is 14.7. The Balaban J connectivity index is 1.65. The number of likely N-dealkylation sites (N-methyl/N-ethyl adjacent to an activating group) is 1. The summed E-state index contributed by atoms with van der Waals surface area (Å²) in [6, 6.07) is 11.5. The van der Waals surface area contributed by atoms with Crippen LogP contribution in [0.5, 0.6) is 0 Å². The van der Waals surface area contributed by atoms with Crippen molar-refractivity contribution in [3.05, 3.63) is 69.5 Å². The van der Waals surface area contributed by atoms with Crippen LogP contribution in [-0.4, -0.2) is 40.6 Å². The van der Waals surface area contributed by atoms with E-state index in [1.165, 1.54) is 11.6 Å². The molecule has 0 spiro atoms. The van der Waals surface area contributed by atoms with Crippen molar-refractivity contribution < 1.29 is 4.39 Å². The lowest BCUT2D eigenvalue weighted by Crippen LogP contribution is -2.28. The van der Waals surface area contributed by atoms with Crippen LogP contribution < -0.4 is 10.9 Å². The van der Waals surface area contributed by atoms with Crippen LogP contribution in [0.3, 0.4) is 0 Å². The van der Waals surface area contributed by atoms with Gasteiger partial charge in [-0.25, -0.2) is 9.37 Å². The smallest absolute Gasteiger partial charge is 0.261 e. The van der Waals surface area contributed by atoms with Gasteiger partial charge in [-0.05, 0) is 60.3 Å². The summed E-state index contributed by atoms with van der Waals surface area (Å²) >= 11 is 0. The standard InChI is InChI=1S/C27H33FN4O/c1-5-31(6-2)14-12-29-25-17-24-22(16-23(25)28)27(33)32-13-11-21(26(32)30-24)15-19-7-9-20(10-8-19)18(3)4/h7-10,15-18,29H,5-6,11-14H2,1-4H3/b21-15+. The van der Waals surface area contributed by atoms with Gasteiger partial charge in [0, 0.05) is 19.6 Å². The minimum Gasteiger partial charge on any atom is -0.381 e. The first kappa shape index (κ1) is 23.2. The first-order chi connectivity index (χ1) is 15.9. The number of fused-ring (bicyclic) bond motifs is 2. The first-order valence-corrected chi connectivity index (χ1v) is 11.9. The normalized spacial score (nSPS) is 14.6. The van der Waals surface area contributed by atoms with E-state index in [9.17, 15) is 9.18 Å². The fourth-order valence-electron chi connectivity index (χ4n) is 4.38. The zero-order chi connectivity index (χ0) is 23.5. The van der Waals surface area contributed by atoms with Gasteiger partial charge < -0.3 is 10.2 Å². The molecule has 33 heavy (non-hydrogen) atoms. The van der Waals surface area contributed by atoms with Gasteiger partial charge >= 0.3 is 0 Å². The van der Waals surface area contributed by atoms with Crippen LogP contribution in [0.4, 0.5) is 10.1 Å². The Morgan fingerprint density at radius 2 is 1.91 bits per heavy atom. The van der Waals surface area contributed by atoms with E-state index in [1.807, 2.05) is 0 Å². The van der Waals surface area contributed by atoms with Gasteiger partial charge in [-0.2, -0.15) is 0 Å². The molecular formula is C27H33FN4O. The number of nitrogens with one attached hydrogen (secondary N) is 1. The molecule has 174 valence electrons. The van der Waals surface area contributed by atoms with E-state index in [0.717, 1.165) is 37.2 Å². The van der Waals surface area contributed by atoms with Crippen LogP contribution in [-0.2, 0) is 6.54 Å². The first-order valence-electron chi connectivity index (χ1n) is 11.9. The van der Waals surface area contributed by atoms with E-state index in [-0.39, 0.29) is 5.56 Å². The predicted molar refractivity (Wildman–Crippen MR) is 135 cm³/mol. The van der Waals surface area contributed by atoms with Crippen LogP contribution >= 0.6 is 0 Å². The van der Waals surface area contributed by atoms with E-state index >= 15 is 0 Å². The molecule has 1 aliphatic heterocycles. The largest absolute Gasteiger partial charge is 0.381 e. The second kappa shape index (κ2) is 9.87. The number of rotatable bonds is 8. The van der Waals surface area contributed by atoms with E-state index in [0.29, 0.717) is 41.4 Å². The molecule has 1 N–H and O–H groups in total. The van der Waals surface area contributed by atoms with Crippen LogP contribution in [0.25, 0.3) is 22.6 Å². The van der Waals surface area contributed by atoms with Crippen molar-refractivity contribution in [3.8, 4) is 0 Å². The molecule has 4 rings (SSSR count). The van der Waals surface area contributed by atoms with Crippen LogP contribution in [0.2, 0.25) is 0 Å². The molecule has 0 saturated heterocycles. The van der Waals surface area contributed by atoms with Crippen molar-refractivity contribution >= 4 is 28.2 Å². The summed E-state index contributed by atoms with van der Waals surface area (Å²) in [5, 5.41) is 3.50. The highest BCUT2D eigenvalue weighted by atomic mass is 19.1. The average molecular weight is 449 g/mol.